The van der Waals surface area contributed by atoms with E-state index in [0.29, 0.717) is 24.7 Å². The first-order valence-electron chi connectivity index (χ1n) is 8.03. The van der Waals surface area contributed by atoms with Gasteiger partial charge in [0.1, 0.15) is 12.0 Å². The lowest BCUT2D eigenvalue weighted by atomic mass is 10.1. The monoisotopic (exact) mass is 337 g/mol. The van der Waals surface area contributed by atoms with E-state index in [-0.39, 0.29) is 12.4 Å². The Kier molecular flexibility index (Phi) is 5.46. The van der Waals surface area contributed by atoms with Crippen molar-refractivity contribution in [1.82, 2.24) is 4.98 Å². The van der Waals surface area contributed by atoms with Crippen LogP contribution in [0.1, 0.15) is 11.3 Å². The molecule has 0 amide bonds. The third-order valence-corrected chi connectivity index (χ3v) is 3.67. The lowest BCUT2D eigenvalue weighted by molar-refractivity contribution is -0.139. The van der Waals surface area contributed by atoms with Crippen LogP contribution in [0, 0.1) is 0 Å². The van der Waals surface area contributed by atoms with Crippen molar-refractivity contribution in [3.05, 3.63) is 72.1 Å². The van der Waals surface area contributed by atoms with Crippen molar-refractivity contribution < 1.29 is 18.7 Å². The van der Waals surface area contributed by atoms with Gasteiger partial charge in [0.25, 0.3) is 0 Å². The van der Waals surface area contributed by atoms with Crippen molar-refractivity contribution in [3.63, 3.8) is 0 Å². The van der Waals surface area contributed by atoms with Crippen LogP contribution in [0.2, 0.25) is 0 Å². The third-order valence-electron chi connectivity index (χ3n) is 3.67. The summed E-state index contributed by atoms with van der Waals surface area (Å²) >= 11 is 0. The van der Waals surface area contributed by atoms with E-state index in [2.05, 4.69) is 9.72 Å². The second-order valence-corrected chi connectivity index (χ2v) is 5.51. The standard InChI is InChI=1S/C20H19NO4/c1-23-19(22)13-15-6-5-9-18(12-15)24-11-10-17-14-25-20(21-17)16-7-3-2-4-8-16/h2-9,12,14H,10-11,13H2,1H3. The average molecular weight is 337 g/mol. The molecule has 0 bridgehead atoms. The second kappa shape index (κ2) is 8.15. The molecule has 0 saturated heterocycles. The maximum absolute atomic E-state index is 11.3. The summed E-state index contributed by atoms with van der Waals surface area (Å²) in [6.07, 6.45) is 2.52. The first kappa shape index (κ1) is 16.8. The van der Waals surface area contributed by atoms with Gasteiger partial charge in [-0.1, -0.05) is 30.3 Å². The number of esters is 1. The Balaban J connectivity index is 1.54. The summed E-state index contributed by atoms with van der Waals surface area (Å²) in [5.41, 5.74) is 2.65. The molecule has 25 heavy (non-hydrogen) atoms. The molecule has 0 radical (unpaired) electrons. The highest BCUT2D eigenvalue weighted by Gasteiger charge is 2.07. The lowest BCUT2D eigenvalue weighted by Crippen LogP contribution is -2.05. The van der Waals surface area contributed by atoms with Crippen molar-refractivity contribution in [2.75, 3.05) is 13.7 Å². The number of hydrogen-bond acceptors (Lipinski definition) is 5. The summed E-state index contributed by atoms with van der Waals surface area (Å²) < 4.78 is 15.9. The van der Waals surface area contributed by atoms with Gasteiger partial charge >= 0.3 is 5.97 Å². The molecule has 0 aliphatic heterocycles. The number of benzene rings is 2. The van der Waals surface area contributed by atoms with Crippen molar-refractivity contribution in [2.24, 2.45) is 0 Å². The van der Waals surface area contributed by atoms with E-state index in [4.69, 9.17) is 9.15 Å². The summed E-state index contributed by atoms with van der Waals surface area (Å²) in [6, 6.07) is 17.2. The van der Waals surface area contributed by atoms with Gasteiger partial charge in [0, 0.05) is 12.0 Å². The number of carbonyl (C=O) groups is 1. The molecule has 128 valence electrons. The van der Waals surface area contributed by atoms with Crippen LogP contribution in [-0.2, 0) is 22.4 Å². The third kappa shape index (κ3) is 4.70. The smallest absolute Gasteiger partial charge is 0.309 e. The molecule has 0 atom stereocenters. The van der Waals surface area contributed by atoms with Crippen LogP contribution >= 0.6 is 0 Å². The maximum Gasteiger partial charge on any atom is 0.309 e. The van der Waals surface area contributed by atoms with Gasteiger partial charge in [-0.25, -0.2) is 4.98 Å². The number of ether oxygens (including phenoxy) is 2. The van der Waals surface area contributed by atoms with E-state index in [1.165, 1.54) is 7.11 Å². The van der Waals surface area contributed by atoms with Gasteiger partial charge in [-0.05, 0) is 29.8 Å². The minimum absolute atomic E-state index is 0.234. The normalized spacial score (nSPS) is 10.4. The molecular formula is C20H19NO4. The Morgan fingerprint density at radius 2 is 1.96 bits per heavy atom. The second-order valence-electron chi connectivity index (χ2n) is 5.51. The minimum Gasteiger partial charge on any atom is -0.493 e. The zero-order valence-electron chi connectivity index (χ0n) is 14.0. The molecule has 0 spiro atoms. The van der Waals surface area contributed by atoms with Crippen LogP contribution in [0.15, 0.2) is 65.3 Å². The number of carbonyl (C=O) groups excluding carboxylic acids is 1. The molecule has 0 fully saturated rings. The van der Waals surface area contributed by atoms with E-state index in [9.17, 15) is 4.79 Å². The van der Waals surface area contributed by atoms with E-state index >= 15 is 0 Å². The Morgan fingerprint density at radius 3 is 2.76 bits per heavy atom. The minimum atomic E-state index is -0.270. The number of aromatic nitrogens is 1. The molecule has 0 aliphatic rings. The topological polar surface area (TPSA) is 61.6 Å². The predicted molar refractivity (Wildman–Crippen MR) is 93.3 cm³/mol. The Morgan fingerprint density at radius 1 is 1.12 bits per heavy atom. The molecule has 3 rings (SSSR count). The predicted octanol–water partition coefficient (Wildman–Crippen LogP) is 3.68. The van der Waals surface area contributed by atoms with E-state index in [0.717, 1.165) is 16.8 Å². The molecule has 5 heteroatoms. The molecular weight excluding hydrogens is 318 g/mol. The van der Waals surface area contributed by atoms with Crippen molar-refractivity contribution in [1.29, 1.82) is 0 Å². The fourth-order valence-electron chi connectivity index (χ4n) is 2.39. The fraction of sp³-hybridized carbons (Fsp3) is 0.200. The van der Waals surface area contributed by atoms with Gasteiger partial charge in [-0.15, -0.1) is 0 Å². The number of nitrogens with zero attached hydrogens (tertiary/aromatic N) is 1. The summed E-state index contributed by atoms with van der Waals surface area (Å²) in [5, 5.41) is 0. The molecule has 3 aromatic rings. The van der Waals surface area contributed by atoms with Crippen LogP contribution in [0.3, 0.4) is 0 Å². The molecule has 0 N–H and O–H groups in total. The number of oxazole rings is 1. The van der Waals surface area contributed by atoms with Gasteiger partial charge in [0.2, 0.25) is 5.89 Å². The van der Waals surface area contributed by atoms with Crippen LogP contribution in [0.4, 0.5) is 0 Å². The fourth-order valence-corrected chi connectivity index (χ4v) is 2.39. The summed E-state index contributed by atoms with van der Waals surface area (Å²) in [7, 11) is 1.38. The number of rotatable bonds is 7. The van der Waals surface area contributed by atoms with E-state index in [1.54, 1.807) is 6.26 Å². The van der Waals surface area contributed by atoms with Crippen LogP contribution in [0.25, 0.3) is 11.5 Å². The molecule has 1 heterocycles. The highest BCUT2D eigenvalue weighted by Crippen LogP contribution is 2.19. The lowest BCUT2D eigenvalue weighted by Gasteiger charge is -2.06. The van der Waals surface area contributed by atoms with Crippen molar-refractivity contribution in [3.8, 4) is 17.2 Å². The van der Waals surface area contributed by atoms with Crippen molar-refractivity contribution in [2.45, 2.75) is 12.8 Å². The largest absolute Gasteiger partial charge is 0.493 e. The highest BCUT2D eigenvalue weighted by atomic mass is 16.5. The molecule has 2 aromatic carbocycles. The van der Waals surface area contributed by atoms with Gasteiger partial charge in [0.15, 0.2) is 0 Å². The van der Waals surface area contributed by atoms with Crippen LogP contribution in [0.5, 0.6) is 5.75 Å². The van der Waals surface area contributed by atoms with Crippen LogP contribution < -0.4 is 4.74 Å². The van der Waals surface area contributed by atoms with Gasteiger partial charge in [0.05, 0.1) is 25.8 Å². The highest BCUT2D eigenvalue weighted by molar-refractivity contribution is 5.72. The maximum atomic E-state index is 11.3. The quantitative estimate of drug-likeness (QED) is 0.616. The summed E-state index contributed by atoms with van der Waals surface area (Å²) in [5.74, 6) is 1.05. The molecule has 0 unspecified atom stereocenters. The average Bonchev–Trinajstić information content (AvgIpc) is 3.12. The SMILES string of the molecule is COC(=O)Cc1cccc(OCCc2coc(-c3ccccc3)n2)c1. The first-order valence-corrected chi connectivity index (χ1v) is 8.03. The first-order chi connectivity index (χ1) is 12.2. The molecule has 0 aliphatic carbocycles. The summed E-state index contributed by atoms with van der Waals surface area (Å²) in [4.78, 5) is 15.8. The van der Waals surface area contributed by atoms with E-state index in [1.807, 2.05) is 54.6 Å². The molecule has 5 nitrogen and oxygen atoms in total. The van der Waals surface area contributed by atoms with Gasteiger partial charge < -0.3 is 13.9 Å². The van der Waals surface area contributed by atoms with Gasteiger partial charge in [-0.2, -0.15) is 0 Å². The zero-order chi connectivity index (χ0) is 17.5. The summed E-state index contributed by atoms with van der Waals surface area (Å²) in [6.45, 7) is 0.475. The zero-order valence-corrected chi connectivity index (χ0v) is 14.0. The van der Waals surface area contributed by atoms with Gasteiger partial charge in [-0.3, -0.25) is 4.79 Å². The number of methoxy groups -OCH3 is 1. The Bertz CT molecular complexity index is 826. The van der Waals surface area contributed by atoms with Crippen LogP contribution in [-0.4, -0.2) is 24.7 Å². The van der Waals surface area contributed by atoms with Crippen molar-refractivity contribution >= 4 is 5.97 Å². The molecule has 0 saturated carbocycles. The Labute approximate surface area is 146 Å². The number of hydrogen-bond donors (Lipinski definition) is 0. The molecule has 1 aromatic heterocycles. The van der Waals surface area contributed by atoms with E-state index < -0.39 is 0 Å². The Hall–Kier alpha value is -3.08.